The quantitative estimate of drug-likeness (QED) is 0.160. The van der Waals surface area contributed by atoms with E-state index in [1.807, 2.05) is 5.32 Å². The van der Waals surface area contributed by atoms with Crippen molar-refractivity contribution < 1.29 is 47.4 Å². The third kappa shape index (κ3) is 7.94. The number of ether oxygens (including phenoxy) is 1. The highest BCUT2D eigenvalue weighted by Crippen LogP contribution is 2.30. The molecule has 1 aliphatic rings. The van der Waals surface area contributed by atoms with Crippen molar-refractivity contribution in [2.75, 3.05) is 13.2 Å². The lowest BCUT2D eigenvalue weighted by Crippen LogP contribution is -2.66. The number of Topliss-reactive ketones (excluding diaryl/α,β-unsaturated/α-hetero) is 2. The van der Waals surface area contributed by atoms with Gasteiger partial charge in [-0.1, -0.05) is 34.6 Å². The van der Waals surface area contributed by atoms with Gasteiger partial charge in [-0.25, -0.2) is 14.2 Å². The van der Waals surface area contributed by atoms with Gasteiger partial charge < -0.3 is 15.6 Å². The van der Waals surface area contributed by atoms with Gasteiger partial charge in [0.05, 0.1) is 25.2 Å². The molecule has 3 atom stereocenters. The molecule has 17 heteroatoms. The SMILES string of the molecule is CCCOC(=O)C(F)(F)C(=O)[C@H](C(C)C)N1CCC[C@H]1C(=O)NC(=O)[C@](N)(C(=O)Cn1ccc(=O)n(CC(=O)O)c1=O)C(C)C. The fourth-order valence-electron chi connectivity index (χ4n) is 5.06. The topological polar surface area (TPSA) is 217 Å². The van der Waals surface area contributed by atoms with Crippen LogP contribution in [0.25, 0.3) is 0 Å². The molecule has 0 radical (unpaired) electrons. The molecule has 2 amide bonds. The Morgan fingerprint density at radius 2 is 1.73 bits per heavy atom. The maximum atomic E-state index is 14.9. The number of rotatable bonds is 15. The number of aromatic nitrogens is 2. The van der Waals surface area contributed by atoms with Gasteiger partial charge >= 0.3 is 23.6 Å². The van der Waals surface area contributed by atoms with Gasteiger partial charge in [-0.05, 0) is 37.6 Å². The number of ketones is 2. The first-order valence-electron chi connectivity index (χ1n) is 14.4. The van der Waals surface area contributed by atoms with Gasteiger partial charge in [0.15, 0.2) is 11.3 Å². The van der Waals surface area contributed by atoms with Gasteiger partial charge in [-0.2, -0.15) is 8.78 Å². The first-order valence-corrected chi connectivity index (χ1v) is 14.4. The Morgan fingerprint density at radius 3 is 2.27 bits per heavy atom. The summed E-state index contributed by atoms with van der Waals surface area (Å²) in [7, 11) is 0. The zero-order valence-corrected chi connectivity index (χ0v) is 25.7. The number of amides is 2. The van der Waals surface area contributed by atoms with Crippen molar-refractivity contribution in [2.24, 2.45) is 17.6 Å². The van der Waals surface area contributed by atoms with E-state index < -0.39 is 95.0 Å². The molecule has 4 N–H and O–H groups in total. The highest BCUT2D eigenvalue weighted by molar-refractivity contribution is 6.15. The minimum Gasteiger partial charge on any atom is -0.480 e. The number of nitrogens with zero attached hydrogens (tertiary/aromatic N) is 3. The van der Waals surface area contributed by atoms with Crippen LogP contribution in [-0.4, -0.2) is 91.2 Å². The molecule has 2 heterocycles. The van der Waals surface area contributed by atoms with Gasteiger partial charge in [0.25, 0.3) is 11.5 Å². The number of imide groups is 1. The largest absolute Gasteiger partial charge is 0.480 e. The predicted molar refractivity (Wildman–Crippen MR) is 152 cm³/mol. The van der Waals surface area contributed by atoms with E-state index in [1.165, 1.54) is 32.6 Å². The number of carbonyl (C=O) groups is 6. The summed E-state index contributed by atoms with van der Waals surface area (Å²) in [6.07, 6.45) is 1.51. The molecule has 15 nitrogen and oxygen atoms in total. The van der Waals surface area contributed by atoms with Crippen LogP contribution >= 0.6 is 0 Å². The average Bonchev–Trinajstić information content (AvgIpc) is 3.43. The molecule has 45 heavy (non-hydrogen) atoms. The monoisotopic (exact) mass is 643 g/mol. The minimum absolute atomic E-state index is 0.00675. The van der Waals surface area contributed by atoms with Crippen LogP contribution in [0.3, 0.4) is 0 Å². The van der Waals surface area contributed by atoms with E-state index in [4.69, 9.17) is 10.8 Å². The summed E-state index contributed by atoms with van der Waals surface area (Å²) in [6.45, 7) is 5.13. The standard InChI is InChI=1S/C28H39F2N5O10/c1-6-12-45-25(43)28(29,30)22(40)21(15(2)3)34-10-7-8-17(34)23(41)32-24(42)27(31,16(4)5)18(36)13-33-11-9-19(37)35(26(33)44)14-20(38)39/h9,11,15-17,21H,6-8,10,12-14,31H2,1-5H3,(H,38,39)(H,32,41,42)/t17-,21-,27+/m0/s1. The van der Waals surface area contributed by atoms with Gasteiger partial charge in [0, 0.05) is 12.3 Å². The third-order valence-corrected chi connectivity index (χ3v) is 7.59. The van der Waals surface area contributed by atoms with Crippen LogP contribution in [0.1, 0.15) is 53.9 Å². The molecule has 0 unspecified atom stereocenters. The van der Waals surface area contributed by atoms with E-state index >= 15 is 0 Å². The van der Waals surface area contributed by atoms with Crippen molar-refractivity contribution in [3.63, 3.8) is 0 Å². The van der Waals surface area contributed by atoms with Crippen molar-refractivity contribution in [1.29, 1.82) is 0 Å². The van der Waals surface area contributed by atoms with Crippen molar-refractivity contribution in [1.82, 2.24) is 19.4 Å². The van der Waals surface area contributed by atoms with Gasteiger partial charge in [0.2, 0.25) is 11.7 Å². The van der Waals surface area contributed by atoms with Crippen LogP contribution < -0.4 is 22.3 Å². The molecule has 0 aliphatic carbocycles. The Bertz CT molecular complexity index is 1450. The average molecular weight is 644 g/mol. The van der Waals surface area contributed by atoms with E-state index in [9.17, 15) is 47.1 Å². The number of likely N-dealkylation sites (tertiary alicyclic amines) is 1. The Balaban J connectivity index is 2.33. The van der Waals surface area contributed by atoms with Crippen LogP contribution in [0.2, 0.25) is 0 Å². The van der Waals surface area contributed by atoms with E-state index in [-0.39, 0.29) is 32.4 Å². The summed E-state index contributed by atoms with van der Waals surface area (Å²) in [6, 6.07) is -2.03. The molecule has 2 rings (SSSR count). The van der Waals surface area contributed by atoms with Gasteiger partial charge in [-0.3, -0.25) is 43.6 Å². The predicted octanol–water partition coefficient (Wildman–Crippen LogP) is -0.693. The van der Waals surface area contributed by atoms with Crippen molar-refractivity contribution in [3.8, 4) is 0 Å². The van der Waals surface area contributed by atoms with Crippen LogP contribution in [0, 0.1) is 11.8 Å². The third-order valence-electron chi connectivity index (χ3n) is 7.59. The summed E-state index contributed by atoms with van der Waals surface area (Å²) >= 11 is 0. The zero-order valence-electron chi connectivity index (χ0n) is 25.7. The number of carboxylic acids is 1. The fourth-order valence-corrected chi connectivity index (χ4v) is 5.06. The lowest BCUT2D eigenvalue weighted by Gasteiger charge is -2.36. The summed E-state index contributed by atoms with van der Waals surface area (Å²) < 4.78 is 35.3. The number of esters is 1. The summed E-state index contributed by atoms with van der Waals surface area (Å²) in [5.41, 5.74) is 1.72. The van der Waals surface area contributed by atoms with Gasteiger partial charge in [0.1, 0.15) is 6.54 Å². The number of alkyl halides is 2. The molecule has 1 saturated heterocycles. The summed E-state index contributed by atoms with van der Waals surface area (Å²) in [4.78, 5) is 102. The number of aliphatic carboxylic acids is 1. The molecule has 1 aliphatic heterocycles. The first-order chi connectivity index (χ1) is 20.8. The van der Waals surface area contributed by atoms with Crippen LogP contribution in [0.15, 0.2) is 21.9 Å². The Morgan fingerprint density at radius 1 is 1.11 bits per heavy atom. The lowest BCUT2D eigenvalue weighted by molar-refractivity contribution is -0.180. The molecule has 250 valence electrons. The Kier molecular flexibility index (Phi) is 12.2. The molecule has 1 aromatic rings. The molecule has 1 fully saturated rings. The highest BCUT2D eigenvalue weighted by atomic mass is 19.3. The van der Waals surface area contributed by atoms with E-state index in [1.54, 1.807) is 6.92 Å². The summed E-state index contributed by atoms with van der Waals surface area (Å²) in [5, 5.41) is 11.0. The van der Waals surface area contributed by atoms with E-state index in [0.29, 0.717) is 9.13 Å². The molecule has 0 bridgehead atoms. The molecule has 0 spiro atoms. The van der Waals surface area contributed by atoms with Gasteiger partial charge in [-0.15, -0.1) is 0 Å². The smallest absolute Gasteiger partial charge is 0.401 e. The number of nitrogens with one attached hydrogen (secondary N) is 1. The van der Waals surface area contributed by atoms with Crippen molar-refractivity contribution in [3.05, 3.63) is 33.1 Å². The molecule has 1 aromatic heterocycles. The lowest BCUT2D eigenvalue weighted by atomic mass is 9.82. The van der Waals surface area contributed by atoms with Crippen molar-refractivity contribution >= 4 is 35.3 Å². The maximum absolute atomic E-state index is 14.9. The maximum Gasteiger partial charge on any atom is 0.401 e. The molecule has 0 aromatic carbocycles. The number of hydrogen-bond donors (Lipinski definition) is 3. The van der Waals surface area contributed by atoms with Crippen LogP contribution in [0.5, 0.6) is 0 Å². The molecular formula is C28H39F2N5O10. The first kappa shape index (κ1) is 37.1. The Hall–Kier alpha value is -4.12. The Labute approximate surface area is 256 Å². The van der Waals surface area contributed by atoms with E-state index in [0.717, 1.165) is 12.3 Å². The number of carbonyl (C=O) groups excluding carboxylic acids is 5. The second-order valence-electron chi connectivity index (χ2n) is 11.5. The van der Waals surface area contributed by atoms with Crippen LogP contribution in [-0.2, 0) is 46.6 Å². The number of carboxylic acid groups (broad SMARTS) is 1. The molecule has 0 saturated carbocycles. The number of hydrogen-bond acceptors (Lipinski definition) is 11. The minimum atomic E-state index is -4.50. The van der Waals surface area contributed by atoms with Crippen LogP contribution in [0.4, 0.5) is 8.78 Å². The number of halogens is 2. The fraction of sp³-hybridized carbons (Fsp3) is 0.643. The summed E-state index contributed by atoms with van der Waals surface area (Å²) in [5.74, 6) is -14.9. The van der Waals surface area contributed by atoms with E-state index in [2.05, 4.69) is 4.74 Å². The number of nitrogens with two attached hydrogens (primary N) is 1. The normalized spacial score (nSPS) is 17.5. The zero-order chi connectivity index (χ0) is 34.4. The second kappa shape index (κ2) is 14.8. The molecular weight excluding hydrogens is 604 g/mol. The second-order valence-corrected chi connectivity index (χ2v) is 11.5. The highest BCUT2D eigenvalue weighted by Gasteiger charge is 2.55. The van der Waals surface area contributed by atoms with Crippen molar-refractivity contribution in [2.45, 2.75) is 90.5 Å².